The number of nitrogens with zero attached hydrogens (tertiary/aromatic N) is 3. The van der Waals surface area contributed by atoms with E-state index in [2.05, 4.69) is 15.6 Å². The zero-order valence-corrected chi connectivity index (χ0v) is 17.1. The molecule has 1 aliphatic carbocycles. The summed E-state index contributed by atoms with van der Waals surface area (Å²) in [6.07, 6.45) is 3.51. The summed E-state index contributed by atoms with van der Waals surface area (Å²) in [6.45, 7) is 0.163. The molecule has 30 heavy (non-hydrogen) atoms. The van der Waals surface area contributed by atoms with Gasteiger partial charge in [0.2, 0.25) is 11.8 Å². The number of carbonyl (C=O) groups excluding carboxylic acids is 3. The van der Waals surface area contributed by atoms with Crippen LogP contribution in [0.2, 0.25) is 0 Å². The Labute approximate surface area is 175 Å². The molecule has 1 aliphatic heterocycles. The van der Waals surface area contributed by atoms with Gasteiger partial charge in [0.1, 0.15) is 11.9 Å². The van der Waals surface area contributed by atoms with Crippen LogP contribution >= 0.6 is 0 Å². The van der Waals surface area contributed by atoms with E-state index in [-0.39, 0.29) is 30.3 Å². The van der Waals surface area contributed by atoms with Gasteiger partial charge in [-0.15, -0.1) is 0 Å². The van der Waals surface area contributed by atoms with Gasteiger partial charge in [0, 0.05) is 44.0 Å². The molecule has 2 aliphatic rings. The van der Waals surface area contributed by atoms with Crippen molar-refractivity contribution >= 4 is 23.5 Å². The molecule has 0 radical (unpaired) electrons. The molecule has 8 nitrogen and oxygen atoms in total. The van der Waals surface area contributed by atoms with Crippen LogP contribution < -0.4 is 15.5 Å². The van der Waals surface area contributed by atoms with Gasteiger partial charge in [0.05, 0.1) is 6.54 Å². The minimum atomic E-state index is -0.673. The van der Waals surface area contributed by atoms with Crippen LogP contribution in [0.3, 0.4) is 0 Å². The van der Waals surface area contributed by atoms with Gasteiger partial charge < -0.3 is 20.4 Å². The first-order chi connectivity index (χ1) is 14.5. The monoisotopic (exact) mass is 407 g/mol. The zero-order valence-electron chi connectivity index (χ0n) is 17.1. The average molecular weight is 407 g/mol. The fraction of sp³-hybridized carbons (Fsp3) is 0.364. The second-order valence-corrected chi connectivity index (χ2v) is 7.81. The Morgan fingerprint density at radius 3 is 2.63 bits per heavy atom. The van der Waals surface area contributed by atoms with Gasteiger partial charge in [0.15, 0.2) is 0 Å². The summed E-state index contributed by atoms with van der Waals surface area (Å²) < 4.78 is 0. The van der Waals surface area contributed by atoms with Gasteiger partial charge in [0.25, 0.3) is 5.91 Å². The lowest BCUT2D eigenvalue weighted by Crippen LogP contribution is -2.43. The summed E-state index contributed by atoms with van der Waals surface area (Å²) >= 11 is 0. The number of nitrogens with one attached hydrogen (secondary N) is 2. The van der Waals surface area contributed by atoms with Crippen LogP contribution in [0.25, 0.3) is 0 Å². The Kier molecular flexibility index (Phi) is 5.39. The third-order valence-electron chi connectivity index (χ3n) is 5.38. The molecular formula is C22H25N5O3. The second kappa shape index (κ2) is 8.14. The molecule has 2 heterocycles. The third-order valence-corrected chi connectivity index (χ3v) is 5.38. The van der Waals surface area contributed by atoms with Gasteiger partial charge in [-0.2, -0.15) is 0 Å². The van der Waals surface area contributed by atoms with E-state index >= 15 is 0 Å². The van der Waals surface area contributed by atoms with Gasteiger partial charge in [-0.3, -0.25) is 14.4 Å². The summed E-state index contributed by atoms with van der Waals surface area (Å²) in [7, 11) is 3.78. The van der Waals surface area contributed by atoms with Crippen LogP contribution in [0.1, 0.15) is 40.4 Å². The molecule has 3 amide bonds. The fourth-order valence-corrected chi connectivity index (χ4v) is 3.82. The first kappa shape index (κ1) is 19.9. The second-order valence-electron chi connectivity index (χ2n) is 7.81. The maximum atomic E-state index is 12.9. The van der Waals surface area contributed by atoms with Gasteiger partial charge >= 0.3 is 0 Å². The number of anilines is 1. The van der Waals surface area contributed by atoms with Crippen LogP contribution in [0.15, 0.2) is 42.6 Å². The summed E-state index contributed by atoms with van der Waals surface area (Å²) in [5, 5.41) is 5.51. The van der Waals surface area contributed by atoms with Crippen molar-refractivity contribution in [2.45, 2.75) is 31.5 Å². The number of hydrogen-bond acceptors (Lipinski definition) is 5. The normalized spacial score (nSPS) is 17.5. The van der Waals surface area contributed by atoms with Crippen molar-refractivity contribution in [3.05, 3.63) is 59.3 Å². The van der Waals surface area contributed by atoms with E-state index in [1.165, 1.54) is 0 Å². The average Bonchev–Trinajstić information content (AvgIpc) is 3.54. The van der Waals surface area contributed by atoms with Crippen LogP contribution in [0.4, 0.5) is 5.82 Å². The number of benzene rings is 1. The summed E-state index contributed by atoms with van der Waals surface area (Å²) in [5.74, 6) is 0.0478. The lowest BCUT2D eigenvalue weighted by atomic mass is 10.0. The van der Waals surface area contributed by atoms with E-state index in [0.717, 1.165) is 24.2 Å². The lowest BCUT2D eigenvalue weighted by molar-refractivity contribution is -0.129. The van der Waals surface area contributed by atoms with E-state index in [1.54, 1.807) is 23.2 Å². The molecule has 0 spiro atoms. The largest absolute Gasteiger partial charge is 0.362 e. The highest BCUT2D eigenvalue weighted by Gasteiger charge is 2.47. The molecule has 1 aromatic carbocycles. The molecule has 8 heteroatoms. The molecule has 2 aromatic rings. The summed E-state index contributed by atoms with van der Waals surface area (Å²) in [4.78, 5) is 45.8. The SMILES string of the molecule is CN(C)c1ncccc1CNC(=O)CNC(=O)C1c2ccccc2C(=O)N1C1CC1. The van der Waals surface area contributed by atoms with Crippen molar-refractivity contribution in [1.82, 2.24) is 20.5 Å². The van der Waals surface area contributed by atoms with Crippen LogP contribution in [0, 0.1) is 0 Å². The lowest BCUT2D eigenvalue weighted by Gasteiger charge is -2.24. The Balaban J connectivity index is 1.37. The van der Waals surface area contributed by atoms with Crippen molar-refractivity contribution in [1.29, 1.82) is 0 Å². The number of rotatable bonds is 7. The van der Waals surface area contributed by atoms with Gasteiger partial charge in [-0.25, -0.2) is 4.98 Å². The maximum Gasteiger partial charge on any atom is 0.255 e. The highest BCUT2D eigenvalue weighted by Crippen LogP contribution is 2.41. The van der Waals surface area contributed by atoms with Gasteiger partial charge in [-0.1, -0.05) is 24.3 Å². The maximum absolute atomic E-state index is 12.9. The number of fused-ring (bicyclic) bond motifs is 1. The molecule has 1 saturated carbocycles. The van der Waals surface area contributed by atoms with Crippen molar-refractivity contribution in [3.63, 3.8) is 0 Å². The molecule has 1 atom stereocenters. The van der Waals surface area contributed by atoms with Crippen molar-refractivity contribution < 1.29 is 14.4 Å². The minimum absolute atomic E-state index is 0.101. The van der Waals surface area contributed by atoms with E-state index in [9.17, 15) is 14.4 Å². The molecule has 156 valence electrons. The molecule has 0 saturated heterocycles. The molecular weight excluding hydrogens is 382 g/mol. The van der Waals surface area contributed by atoms with Crippen LogP contribution in [0.5, 0.6) is 0 Å². The summed E-state index contributed by atoms with van der Waals surface area (Å²) in [6, 6.07) is 10.3. The number of carbonyl (C=O) groups is 3. The van der Waals surface area contributed by atoms with E-state index in [4.69, 9.17) is 0 Å². The van der Waals surface area contributed by atoms with E-state index in [1.807, 2.05) is 43.3 Å². The quantitative estimate of drug-likeness (QED) is 0.720. The molecule has 4 rings (SSSR count). The number of hydrogen-bond donors (Lipinski definition) is 2. The van der Waals surface area contributed by atoms with Crippen molar-refractivity contribution in [2.24, 2.45) is 0 Å². The number of aromatic nitrogens is 1. The standard InChI is InChI=1S/C22H25N5O3/c1-26(2)20-14(6-5-11-23-20)12-24-18(28)13-25-21(29)19-16-7-3-4-8-17(16)22(30)27(19)15-9-10-15/h3-8,11,15,19H,9-10,12-13H2,1-2H3,(H,24,28)(H,25,29). The fourth-order valence-electron chi connectivity index (χ4n) is 3.82. The Morgan fingerprint density at radius 2 is 1.90 bits per heavy atom. The Hall–Kier alpha value is -3.42. The van der Waals surface area contributed by atoms with Crippen LogP contribution in [-0.4, -0.2) is 54.3 Å². The third kappa shape index (κ3) is 3.85. The molecule has 1 aromatic heterocycles. The highest BCUT2D eigenvalue weighted by atomic mass is 16.2. The molecule has 0 bridgehead atoms. The predicted octanol–water partition coefficient (Wildman–Crippen LogP) is 1.24. The minimum Gasteiger partial charge on any atom is -0.362 e. The first-order valence-corrected chi connectivity index (χ1v) is 10.0. The van der Waals surface area contributed by atoms with Crippen molar-refractivity contribution in [2.75, 3.05) is 25.5 Å². The van der Waals surface area contributed by atoms with E-state index < -0.39 is 6.04 Å². The Morgan fingerprint density at radius 1 is 1.13 bits per heavy atom. The number of pyridine rings is 1. The predicted molar refractivity (Wildman–Crippen MR) is 112 cm³/mol. The highest BCUT2D eigenvalue weighted by molar-refractivity contribution is 6.05. The van der Waals surface area contributed by atoms with Gasteiger partial charge in [-0.05, 0) is 30.5 Å². The summed E-state index contributed by atoms with van der Waals surface area (Å²) in [5.41, 5.74) is 2.16. The topological polar surface area (TPSA) is 94.6 Å². The number of amides is 3. The van der Waals surface area contributed by atoms with E-state index in [0.29, 0.717) is 17.7 Å². The molecule has 1 unspecified atom stereocenters. The van der Waals surface area contributed by atoms with Crippen molar-refractivity contribution in [3.8, 4) is 0 Å². The zero-order chi connectivity index (χ0) is 21.3. The first-order valence-electron chi connectivity index (χ1n) is 10.0. The smallest absolute Gasteiger partial charge is 0.255 e. The molecule has 1 fully saturated rings. The Bertz CT molecular complexity index is 986. The molecule has 2 N–H and O–H groups in total. The van der Waals surface area contributed by atoms with Crippen LogP contribution in [-0.2, 0) is 16.1 Å².